The Hall–Kier alpha value is -1.68. The average Bonchev–Trinajstić information content (AvgIpc) is 2.76. The van der Waals surface area contributed by atoms with Crippen molar-refractivity contribution in [1.29, 1.82) is 0 Å². The molecule has 0 radical (unpaired) electrons. The molecule has 0 aliphatic carbocycles. The average molecular weight is 316 g/mol. The Morgan fingerprint density at radius 1 is 1.27 bits per heavy atom. The molecule has 1 unspecified atom stereocenters. The van der Waals surface area contributed by atoms with Crippen LogP contribution < -0.4 is 4.80 Å². The molecule has 1 aromatic carbocycles. The Kier molecular flexibility index (Phi) is 5.35. The number of carbonyl (C=O) groups excluding carboxylic acids is 1. The molecule has 0 N–H and O–H groups in total. The van der Waals surface area contributed by atoms with E-state index in [4.69, 9.17) is 0 Å². The van der Waals surface area contributed by atoms with Crippen LogP contribution in [0.1, 0.15) is 59.1 Å². The van der Waals surface area contributed by atoms with Crippen molar-refractivity contribution in [2.75, 3.05) is 0 Å². The number of hydrogen-bond donors (Lipinski definition) is 0. The van der Waals surface area contributed by atoms with Gasteiger partial charge in [0.05, 0.1) is 0 Å². The van der Waals surface area contributed by atoms with Crippen LogP contribution in [0.25, 0.3) is 0 Å². The van der Waals surface area contributed by atoms with Gasteiger partial charge in [-0.3, -0.25) is 4.79 Å². The summed E-state index contributed by atoms with van der Waals surface area (Å²) in [5.41, 5.74) is 2.99. The SMILES string of the molecule is CCCC(C)c1sc(=NC(=O)c2ccc(C)cc2)n(C)c1C. The van der Waals surface area contributed by atoms with E-state index in [9.17, 15) is 4.79 Å². The molecule has 1 atom stereocenters. The first-order valence-corrected chi connectivity index (χ1v) is 8.57. The van der Waals surface area contributed by atoms with Gasteiger partial charge in [-0.05, 0) is 38.3 Å². The van der Waals surface area contributed by atoms with Gasteiger partial charge in [-0.15, -0.1) is 11.3 Å². The molecule has 0 saturated carbocycles. The van der Waals surface area contributed by atoms with Crippen LogP contribution in [0.3, 0.4) is 0 Å². The largest absolute Gasteiger partial charge is 0.324 e. The minimum Gasteiger partial charge on any atom is -0.324 e. The van der Waals surface area contributed by atoms with Crippen LogP contribution in [0.4, 0.5) is 0 Å². The summed E-state index contributed by atoms with van der Waals surface area (Å²) in [5.74, 6) is 0.339. The molecule has 0 spiro atoms. The lowest BCUT2D eigenvalue weighted by molar-refractivity contribution is 0.0998. The van der Waals surface area contributed by atoms with Gasteiger partial charge in [-0.1, -0.05) is 38.0 Å². The highest BCUT2D eigenvalue weighted by Gasteiger charge is 2.14. The minimum absolute atomic E-state index is 0.174. The van der Waals surface area contributed by atoms with Crippen molar-refractivity contribution >= 4 is 17.2 Å². The minimum atomic E-state index is -0.174. The van der Waals surface area contributed by atoms with E-state index < -0.39 is 0 Å². The van der Waals surface area contributed by atoms with Crippen LogP contribution in [0, 0.1) is 13.8 Å². The van der Waals surface area contributed by atoms with Gasteiger partial charge in [-0.25, -0.2) is 0 Å². The zero-order chi connectivity index (χ0) is 16.3. The third-order valence-corrected chi connectivity index (χ3v) is 5.48. The molecule has 1 heterocycles. The molecule has 4 heteroatoms. The van der Waals surface area contributed by atoms with E-state index in [2.05, 4.69) is 25.8 Å². The quantitative estimate of drug-likeness (QED) is 0.826. The predicted molar refractivity (Wildman–Crippen MR) is 92.4 cm³/mol. The summed E-state index contributed by atoms with van der Waals surface area (Å²) >= 11 is 1.64. The summed E-state index contributed by atoms with van der Waals surface area (Å²) < 4.78 is 2.03. The molecule has 0 fully saturated rings. The topological polar surface area (TPSA) is 34.4 Å². The lowest BCUT2D eigenvalue weighted by Crippen LogP contribution is -2.14. The number of nitrogens with zero attached hydrogens (tertiary/aromatic N) is 2. The molecule has 22 heavy (non-hydrogen) atoms. The zero-order valence-electron chi connectivity index (χ0n) is 14.0. The molecule has 0 saturated heterocycles. The second kappa shape index (κ2) is 7.05. The molecule has 1 aromatic heterocycles. The van der Waals surface area contributed by atoms with E-state index >= 15 is 0 Å². The summed E-state index contributed by atoms with van der Waals surface area (Å²) in [4.78, 5) is 18.8. The summed E-state index contributed by atoms with van der Waals surface area (Å²) in [5, 5.41) is 0. The maximum atomic E-state index is 12.3. The smallest absolute Gasteiger partial charge is 0.279 e. The number of amides is 1. The van der Waals surface area contributed by atoms with Crippen LogP contribution in [0.15, 0.2) is 29.3 Å². The van der Waals surface area contributed by atoms with Gasteiger partial charge in [0.25, 0.3) is 5.91 Å². The van der Waals surface area contributed by atoms with Crippen molar-refractivity contribution in [3.63, 3.8) is 0 Å². The highest BCUT2D eigenvalue weighted by molar-refractivity contribution is 7.09. The van der Waals surface area contributed by atoms with Crippen LogP contribution in [0.2, 0.25) is 0 Å². The highest BCUT2D eigenvalue weighted by atomic mass is 32.1. The molecule has 2 aromatic rings. The lowest BCUT2D eigenvalue weighted by Gasteiger charge is -2.08. The fourth-order valence-corrected chi connectivity index (χ4v) is 3.72. The van der Waals surface area contributed by atoms with Crippen molar-refractivity contribution in [2.45, 2.75) is 46.5 Å². The van der Waals surface area contributed by atoms with Crippen molar-refractivity contribution in [1.82, 2.24) is 4.57 Å². The predicted octanol–water partition coefficient (Wildman–Crippen LogP) is 4.35. The Morgan fingerprint density at radius 2 is 1.91 bits per heavy atom. The number of rotatable bonds is 4. The van der Waals surface area contributed by atoms with E-state index in [0.717, 1.165) is 23.2 Å². The molecule has 0 aliphatic heterocycles. The summed E-state index contributed by atoms with van der Waals surface area (Å²) in [6, 6.07) is 7.55. The van der Waals surface area contributed by atoms with Crippen molar-refractivity contribution < 1.29 is 4.79 Å². The standard InChI is InChI=1S/C18H24N2OS/c1-6-7-13(3)16-14(4)20(5)18(22-16)19-17(21)15-10-8-12(2)9-11-15/h8-11,13H,6-7H2,1-5H3. The molecule has 0 bridgehead atoms. The number of aryl methyl sites for hydroxylation is 1. The van der Waals surface area contributed by atoms with Gasteiger partial charge in [0.1, 0.15) is 0 Å². The maximum absolute atomic E-state index is 12.3. The zero-order valence-corrected chi connectivity index (χ0v) is 14.8. The number of thiazole rings is 1. The Labute approximate surface area is 136 Å². The maximum Gasteiger partial charge on any atom is 0.279 e. The van der Waals surface area contributed by atoms with E-state index in [-0.39, 0.29) is 5.91 Å². The number of hydrogen-bond acceptors (Lipinski definition) is 2. The van der Waals surface area contributed by atoms with Gasteiger partial charge in [0, 0.05) is 23.2 Å². The molecule has 1 amide bonds. The van der Waals surface area contributed by atoms with Gasteiger partial charge in [0.2, 0.25) is 0 Å². The first-order valence-electron chi connectivity index (χ1n) is 7.76. The normalized spacial score (nSPS) is 13.4. The molecule has 118 valence electrons. The summed E-state index contributed by atoms with van der Waals surface area (Å²) in [6.07, 6.45) is 2.32. The number of carbonyl (C=O) groups is 1. The second-order valence-corrected chi connectivity index (χ2v) is 6.88. The van der Waals surface area contributed by atoms with Gasteiger partial charge in [0.15, 0.2) is 4.80 Å². The van der Waals surface area contributed by atoms with Gasteiger partial charge in [-0.2, -0.15) is 4.99 Å². The molecule has 3 nitrogen and oxygen atoms in total. The third-order valence-electron chi connectivity index (χ3n) is 4.01. The van der Waals surface area contributed by atoms with Crippen molar-refractivity contribution in [3.05, 3.63) is 50.8 Å². The Balaban J connectivity index is 2.37. The van der Waals surface area contributed by atoms with Crippen molar-refractivity contribution in [3.8, 4) is 0 Å². The first-order chi connectivity index (χ1) is 10.4. The molecule has 0 aliphatic rings. The van der Waals surface area contributed by atoms with E-state index in [0.29, 0.717) is 11.5 Å². The lowest BCUT2D eigenvalue weighted by atomic mass is 10.0. The number of benzene rings is 1. The Morgan fingerprint density at radius 3 is 2.50 bits per heavy atom. The summed E-state index contributed by atoms with van der Waals surface area (Å²) in [6.45, 7) is 8.56. The summed E-state index contributed by atoms with van der Waals surface area (Å²) in [7, 11) is 1.98. The molecule has 2 rings (SSSR count). The van der Waals surface area contributed by atoms with Gasteiger partial charge < -0.3 is 4.57 Å². The van der Waals surface area contributed by atoms with E-state index in [1.807, 2.05) is 42.8 Å². The van der Waals surface area contributed by atoms with E-state index in [1.54, 1.807) is 11.3 Å². The van der Waals surface area contributed by atoms with Crippen LogP contribution in [0.5, 0.6) is 0 Å². The van der Waals surface area contributed by atoms with Crippen LogP contribution >= 0.6 is 11.3 Å². The fraction of sp³-hybridized carbons (Fsp3) is 0.444. The first kappa shape index (κ1) is 16.7. The monoisotopic (exact) mass is 316 g/mol. The van der Waals surface area contributed by atoms with Gasteiger partial charge >= 0.3 is 0 Å². The Bertz CT molecular complexity index is 723. The second-order valence-electron chi connectivity index (χ2n) is 5.87. The highest BCUT2D eigenvalue weighted by Crippen LogP contribution is 2.26. The fourth-order valence-electron chi connectivity index (χ4n) is 2.52. The van der Waals surface area contributed by atoms with Crippen molar-refractivity contribution in [2.24, 2.45) is 12.0 Å². The number of aromatic nitrogens is 1. The molecular weight excluding hydrogens is 292 g/mol. The third kappa shape index (κ3) is 3.55. The molecular formula is C18H24N2OS. The van der Waals surface area contributed by atoms with Crippen LogP contribution in [-0.2, 0) is 7.05 Å². The van der Waals surface area contributed by atoms with Crippen LogP contribution in [-0.4, -0.2) is 10.5 Å². The van der Waals surface area contributed by atoms with E-state index in [1.165, 1.54) is 10.6 Å².